The number of hydrogen-bond donors (Lipinski definition) is 1. The Morgan fingerprint density at radius 3 is 3.00 bits per heavy atom. The van der Waals surface area contributed by atoms with Crippen molar-refractivity contribution < 1.29 is 0 Å². The van der Waals surface area contributed by atoms with Gasteiger partial charge in [-0.05, 0) is 40.2 Å². The minimum Gasteiger partial charge on any atom is -0.346 e. The van der Waals surface area contributed by atoms with Gasteiger partial charge < -0.3 is 10.2 Å². The Morgan fingerprint density at radius 2 is 2.26 bits per heavy atom. The molecule has 2 aliphatic rings. The Morgan fingerprint density at radius 1 is 1.42 bits per heavy atom. The van der Waals surface area contributed by atoms with Crippen molar-refractivity contribution in [3.8, 4) is 0 Å². The summed E-state index contributed by atoms with van der Waals surface area (Å²) in [6.45, 7) is 6.94. The second kappa shape index (κ2) is 5.26. The van der Waals surface area contributed by atoms with Crippen LogP contribution in [0.25, 0.3) is 0 Å². The molecule has 1 aliphatic heterocycles. The summed E-state index contributed by atoms with van der Waals surface area (Å²) in [4.78, 5) is 8.97. The van der Waals surface area contributed by atoms with Crippen LogP contribution in [0.1, 0.15) is 43.3 Å². The molecule has 0 bridgehead atoms. The summed E-state index contributed by atoms with van der Waals surface area (Å²) in [5.74, 6) is 1.21. The first-order valence-corrected chi connectivity index (χ1v) is 8.95. The Bertz CT molecular complexity index is 456. The summed E-state index contributed by atoms with van der Waals surface area (Å²) >= 11 is 4.01. The lowest BCUT2D eigenvalue weighted by atomic mass is 9.98. The zero-order valence-electron chi connectivity index (χ0n) is 12.0. The maximum atomic E-state index is 4.96. The van der Waals surface area contributed by atoms with Crippen molar-refractivity contribution in [1.29, 1.82) is 0 Å². The quantitative estimate of drug-likeness (QED) is 0.908. The van der Waals surface area contributed by atoms with Gasteiger partial charge in [0, 0.05) is 28.5 Å². The van der Waals surface area contributed by atoms with Crippen LogP contribution < -0.4 is 10.2 Å². The smallest absolute Gasteiger partial charge is 0.185 e. The maximum absolute atomic E-state index is 4.96. The third-order valence-electron chi connectivity index (χ3n) is 3.99. The molecule has 19 heavy (non-hydrogen) atoms. The van der Waals surface area contributed by atoms with Gasteiger partial charge in [0.25, 0.3) is 0 Å². The van der Waals surface area contributed by atoms with Gasteiger partial charge in [0.15, 0.2) is 5.13 Å². The first kappa shape index (κ1) is 13.7. The highest BCUT2D eigenvalue weighted by Gasteiger charge is 2.31. The molecule has 1 aliphatic carbocycles. The van der Waals surface area contributed by atoms with Crippen molar-refractivity contribution in [3.05, 3.63) is 10.6 Å². The van der Waals surface area contributed by atoms with Crippen LogP contribution in [-0.2, 0) is 6.42 Å². The molecule has 3 rings (SSSR count). The van der Waals surface area contributed by atoms with Crippen LogP contribution in [0.15, 0.2) is 0 Å². The Hall–Kier alpha value is -0.260. The Balaban J connectivity index is 1.84. The van der Waals surface area contributed by atoms with E-state index in [1.165, 1.54) is 40.7 Å². The van der Waals surface area contributed by atoms with Crippen LogP contribution in [0.5, 0.6) is 0 Å². The molecule has 0 spiro atoms. The number of nitrogens with zero attached hydrogens (tertiary/aromatic N) is 2. The summed E-state index contributed by atoms with van der Waals surface area (Å²) in [6, 6.07) is 0.473. The van der Waals surface area contributed by atoms with Gasteiger partial charge in [-0.15, -0.1) is 11.3 Å². The molecule has 0 amide bonds. The second-order valence-corrected chi connectivity index (χ2v) is 8.93. The van der Waals surface area contributed by atoms with Gasteiger partial charge >= 0.3 is 0 Å². The fraction of sp³-hybridized carbons (Fsp3) is 0.786. The van der Waals surface area contributed by atoms with Gasteiger partial charge in [0.05, 0.1) is 11.7 Å². The standard InChI is InChI=1S/C14H23N3S2/c1-14(2)9-17(7-8-18-14)13-16-12-10(15-3)5-4-6-11(12)19-13/h10,15H,4-9H2,1-3H3. The zero-order chi connectivity index (χ0) is 13.5. The van der Waals surface area contributed by atoms with Crippen molar-refractivity contribution in [1.82, 2.24) is 10.3 Å². The first-order valence-electron chi connectivity index (χ1n) is 7.15. The number of aromatic nitrogens is 1. The van der Waals surface area contributed by atoms with Crippen molar-refractivity contribution in [3.63, 3.8) is 0 Å². The minimum absolute atomic E-state index is 0.354. The molecule has 0 saturated carbocycles. The lowest BCUT2D eigenvalue weighted by molar-refractivity contribution is 0.489. The highest BCUT2D eigenvalue weighted by Crippen LogP contribution is 2.39. The van der Waals surface area contributed by atoms with E-state index in [4.69, 9.17) is 4.98 Å². The van der Waals surface area contributed by atoms with E-state index in [2.05, 4.69) is 42.9 Å². The first-order chi connectivity index (χ1) is 9.09. The summed E-state index contributed by atoms with van der Waals surface area (Å²) in [6.07, 6.45) is 3.74. The van der Waals surface area contributed by atoms with E-state index in [9.17, 15) is 0 Å². The van der Waals surface area contributed by atoms with Gasteiger partial charge in [0.1, 0.15) is 0 Å². The van der Waals surface area contributed by atoms with E-state index in [0.717, 1.165) is 13.1 Å². The lowest BCUT2D eigenvalue weighted by Gasteiger charge is -2.37. The van der Waals surface area contributed by atoms with Gasteiger partial charge in [0.2, 0.25) is 0 Å². The van der Waals surface area contributed by atoms with E-state index in [1.54, 1.807) is 0 Å². The molecule has 3 nitrogen and oxygen atoms in total. The molecule has 1 saturated heterocycles. The van der Waals surface area contributed by atoms with E-state index >= 15 is 0 Å². The normalized spacial score (nSPS) is 26.3. The largest absolute Gasteiger partial charge is 0.346 e. The molecule has 5 heteroatoms. The molecule has 1 aromatic rings. The molecular formula is C14H23N3S2. The van der Waals surface area contributed by atoms with Crippen LogP contribution in [0.3, 0.4) is 0 Å². The summed E-state index contributed by atoms with van der Waals surface area (Å²) < 4.78 is 0.354. The van der Waals surface area contributed by atoms with Crippen molar-refractivity contribution >= 4 is 28.2 Å². The summed E-state index contributed by atoms with van der Waals surface area (Å²) in [5, 5.41) is 4.66. The topological polar surface area (TPSA) is 28.2 Å². The molecule has 106 valence electrons. The molecule has 1 atom stereocenters. The van der Waals surface area contributed by atoms with Crippen molar-refractivity contribution in [2.75, 3.05) is 30.8 Å². The SMILES string of the molecule is CNC1CCCc2sc(N3CCSC(C)(C)C3)nc21. The van der Waals surface area contributed by atoms with Crippen molar-refractivity contribution in [2.24, 2.45) is 0 Å². The fourth-order valence-corrected chi connectivity index (χ4v) is 5.30. The van der Waals surface area contributed by atoms with Gasteiger partial charge in [-0.2, -0.15) is 11.8 Å². The minimum atomic E-state index is 0.354. The average Bonchev–Trinajstić information content (AvgIpc) is 2.81. The monoisotopic (exact) mass is 297 g/mol. The van der Waals surface area contributed by atoms with Crippen LogP contribution in [-0.4, -0.2) is 35.6 Å². The molecule has 1 unspecified atom stereocenters. The summed E-state index contributed by atoms with van der Waals surface area (Å²) in [7, 11) is 2.05. The number of thiazole rings is 1. The number of fused-ring (bicyclic) bond motifs is 1. The van der Waals surface area contributed by atoms with Crippen LogP contribution in [0, 0.1) is 0 Å². The number of rotatable bonds is 2. The zero-order valence-corrected chi connectivity index (χ0v) is 13.7. The van der Waals surface area contributed by atoms with Gasteiger partial charge in [-0.3, -0.25) is 0 Å². The Labute approximate surface area is 124 Å². The van der Waals surface area contributed by atoms with Crippen LogP contribution >= 0.6 is 23.1 Å². The third kappa shape index (κ3) is 2.78. The molecule has 1 fully saturated rings. The number of nitrogens with one attached hydrogen (secondary N) is 1. The molecule has 1 N–H and O–H groups in total. The number of hydrogen-bond acceptors (Lipinski definition) is 5. The average molecular weight is 297 g/mol. The number of aryl methyl sites for hydroxylation is 1. The predicted octanol–water partition coefficient (Wildman–Crippen LogP) is 3.07. The highest BCUT2D eigenvalue weighted by molar-refractivity contribution is 8.00. The van der Waals surface area contributed by atoms with E-state index in [0.29, 0.717) is 10.8 Å². The van der Waals surface area contributed by atoms with Gasteiger partial charge in [-0.25, -0.2) is 4.98 Å². The van der Waals surface area contributed by atoms with Gasteiger partial charge in [-0.1, -0.05) is 0 Å². The molecular weight excluding hydrogens is 274 g/mol. The molecule has 0 radical (unpaired) electrons. The summed E-state index contributed by atoms with van der Waals surface area (Å²) in [5.41, 5.74) is 1.32. The van der Waals surface area contributed by atoms with E-state index in [1.807, 2.05) is 11.3 Å². The van der Waals surface area contributed by atoms with Crippen LogP contribution in [0.4, 0.5) is 5.13 Å². The van der Waals surface area contributed by atoms with Crippen molar-refractivity contribution in [2.45, 2.75) is 43.9 Å². The maximum Gasteiger partial charge on any atom is 0.185 e. The van der Waals surface area contributed by atoms with E-state index < -0.39 is 0 Å². The highest BCUT2D eigenvalue weighted by atomic mass is 32.2. The fourth-order valence-electron chi connectivity index (χ4n) is 3.00. The van der Waals surface area contributed by atoms with E-state index in [-0.39, 0.29) is 0 Å². The third-order valence-corrected chi connectivity index (χ3v) is 6.48. The lowest BCUT2D eigenvalue weighted by Crippen LogP contribution is -2.43. The number of thioether (sulfide) groups is 1. The number of anilines is 1. The molecule has 2 heterocycles. The van der Waals surface area contributed by atoms with Crippen LogP contribution in [0.2, 0.25) is 0 Å². The Kier molecular flexibility index (Phi) is 3.80. The predicted molar refractivity (Wildman–Crippen MR) is 85.6 cm³/mol. The second-order valence-electron chi connectivity index (χ2n) is 6.07. The molecule has 1 aromatic heterocycles. The molecule has 0 aromatic carbocycles.